The molecule has 2 rings (SSSR count). The predicted octanol–water partition coefficient (Wildman–Crippen LogP) is 4.24. The number of phenolic OH excluding ortho intramolecular Hbond substituents is 1. The van der Waals surface area contributed by atoms with E-state index < -0.39 is 5.91 Å². The Labute approximate surface area is 137 Å². The van der Waals surface area contributed by atoms with Crippen molar-refractivity contribution in [3.8, 4) is 11.8 Å². The van der Waals surface area contributed by atoms with Crippen LogP contribution in [0.25, 0.3) is 6.08 Å². The zero-order valence-corrected chi connectivity index (χ0v) is 12.7. The molecule has 0 saturated heterocycles. The van der Waals surface area contributed by atoms with Crippen LogP contribution in [-0.4, -0.2) is 11.0 Å². The van der Waals surface area contributed by atoms with E-state index >= 15 is 0 Å². The van der Waals surface area contributed by atoms with Gasteiger partial charge in [0.15, 0.2) is 0 Å². The first-order valence-electron chi connectivity index (χ1n) is 6.17. The summed E-state index contributed by atoms with van der Waals surface area (Å²) in [6.07, 6.45) is 1.41. The number of amides is 1. The van der Waals surface area contributed by atoms with Crippen LogP contribution in [0.3, 0.4) is 0 Å². The van der Waals surface area contributed by atoms with Gasteiger partial charge in [0, 0.05) is 5.02 Å². The van der Waals surface area contributed by atoms with Crippen LogP contribution in [0.5, 0.6) is 5.75 Å². The normalized spacial score (nSPS) is 10.9. The highest BCUT2D eigenvalue weighted by Gasteiger charge is 2.11. The smallest absolute Gasteiger partial charge is 0.266 e. The lowest BCUT2D eigenvalue weighted by Gasteiger charge is -2.07. The largest absolute Gasteiger partial charge is 0.508 e. The molecule has 0 aliphatic heterocycles. The van der Waals surface area contributed by atoms with E-state index in [1.165, 1.54) is 24.3 Å². The van der Waals surface area contributed by atoms with Gasteiger partial charge in [-0.2, -0.15) is 5.26 Å². The first kappa shape index (κ1) is 15.9. The second-order valence-electron chi connectivity index (χ2n) is 4.34. The van der Waals surface area contributed by atoms with Gasteiger partial charge >= 0.3 is 0 Å². The van der Waals surface area contributed by atoms with Gasteiger partial charge in [-0.25, -0.2) is 0 Å². The zero-order chi connectivity index (χ0) is 16.1. The van der Waals surface area contributed by atoms with Crippen molar-refractivity contribution in [2.75, 3.05) is 5.32 Å². The highest BCUT2D eigenvalue weighted by molar-refractivity contribution is 6.36. The first-order valence-corrected chi connectivity index (χ1v) is 6.92. The fraction of sp³-hybridized carbons (Fsp3) is 0. The Morgan fingerprint density at radius 3 is 2.50 bits per heavy atom. The molecule has 0 heterocycles. The van der Waals surface area contributed by atoms with Crippen LogP contribution in [0.4, 0.5) is 5.69 Å². The van der Waals surface area contributed by atoms with E-state index in [1.54, 1.807) is 24.3 Å². The molecule has 4 nitrogen and oxygen atoms in total. The van der Waals surface area contributed by atoms with Gasteiger partial charge in [-0.1, -0.05) is 35.3 Å². The summed E-state index contributed by atoms with van der Waals surface area (Å²) in [5.74, 6) is -0.495. The number of anilines is 1. The number of halogens is 2. The molecular weight excluding hydrogens is 323 g/mol. The van der Waals surface area contributed by atoms with E-state index in [0.29, 0.717) is 21.3 Å². The fourth-order valence-corrected chi connectivity index (χ4v) is 2.01. The summed E-state index contributed by atoms with van der Waals surface area (Å²) in [6, 6.07) is 12.6. The van der Waals surface area contributed by atoms with Crippen LogP contribution in [0.1, 0.15) is 5.56 Å². The Kier molecular flexibility index (Phi) is 5.05. The number of nitrogens with one attached hydrogen (secondary N) is 1. The lowest BCUT2D eigenvalue weighted by molar-refractivity contribution is -0.112. The van der Waals surface area contributed by atoms with Crippen molar-refractivity contribution in [1.82, 2.24) is 0 Å². The molecule has 0 radical (unpaired) electrons. The Bertz CT molecular complexity index is 778. The molecule has 0 unspecified atom stereocenters. The van der Waals surface area contributed by atoms with Gasteiger partial charge in [0.25, 0.3) is 5.91 Å². The third-order valence-corrected chi connectivity index (χ3v) is 3.31. The molecule has 0 atom stereocenters. The van der Waals surface area contributed by atoms with Gasteiger partial charge in [-0.3, -0.25) is 4.79 Å². The monoisotopic (exact) mass is 332 g/mol. The topological polar surface area (TPSA) is 73.1 Å². The Balaban J connectivity index is 2.24. The lowest BCUT2D eigenvalue weighted by Crippen LogP contribution is -2.13. The first-order chi connectivity index (χ1) is 10.5. The average molecular weight is 333 g/mol. The summed E-state index contributed by atoms with van der Waals surface area (Å²) in [5.41, 5.74) is 0.842. The number of carbonyl (C=O) groups excluding carboxylic acids is 1. The van der Waals surface area contributed by atoms with Gasteiger partial charge in [-0.05, 0) is 42.0 Å². The molecule has 110 valence electrons. The van der Waals surface area contributed by atoms with E-state index in [1.807, 2.05) is 6.07 Å². The van der Waals surface area contributed by atoms with Crippen molar-refractivity contribution in [3.05, 3.63) is 63.6 Å². The Morgan fingerprint density at radius 2 is 1.86 bits per heavy atom. The fourth-order valence-electron chi connectivity index (χ4n) is 1.67. The second-order valence-corrected chi connectivity index (χ2v) is 5.18. The zero-order valence-electron chi connectivity index (χ0n) is 11.2. The maximum Gasteiger partial charge on any atom is 0.266 e. The number of carbonyl (C=O) groups is 1. The van der Waals surface area contributed by atoms with Crippen molar-refractivity contribution in [1.29, 1.82) is 5.26 Å². The van der Waals surface area contributed by atoms with E-state index in [0.717, 1.165) is 0 Å². The molecule has 0 fully saturated rings. The van der Waals surface area contributed by atoms with E-state index in [-0.39, 0.29) is 11.3 Å². The van der Waals surface area contributed by atoms with Crippen LogP contribution < -0.4 is 5.32 Å². The molecule has 0 saturated carbocycles. The molecule has 22 heavy (non-hydrogen) atoms. The van der Waals surface area contributed by atoms with Gasteiger partial charge < -0.3 is 10.4 Å². The highest BCUT2D eigenvalue weighted by Crippen LogP contribution is 2.26. The van der Waals surface area contributed by atoms with Crippen molar-refractivity contribution in [2.45, 2.75) is 0 Å². The third kappa shape index (κ3) is 4.01. The molecule has 1 amide bonds. The van der Waals surface area contributed by atoms with Crippen LogP contribution in [0.2, 0.25) is 10.0 Å². The molecule has 0 aliphatic rings. The van der Waals surface area contributed by atoms with Crippen molar-refractivity contribution in [2.24, 2.45) is 0 Å². The maximum atomic E-state index is 12.1. The van der Waals surface area contributed by atoms with E-state index in [9.17, 15) is 9.90 Å². The number of phenols is 1. The summed E-state index contributed by atoms with van der Waals surface area (Å²) in [7, 11) is 0. The standard InChI is InChI=1S/C16H10Cl2N2O2/c17-12-3-6-14(18)15(8-12)20-16(22)11(9-19)7-10-1-4-13(21)5-2-10/h1-8,21H,(H,20,22)/b11-7-. The number of nitriles is 1. The summed E-state index contributed by atoms with van der Waals surface area (Å²) in [4.78, 5) is 12.1. The number of aromatic hydroxyl groups is 1. The van der Waals surface area contributed by atoms with Crippen LogP contribution in [0, 0.1) is 11.3 Å². The summed E-state index contributed by atoms with van der Waals surface area (Å²) in [6.45, 7) is 0. The maximum absolute atomic E-state index is 12.1. The summed E-state index contributed by atoms with van der Waals surface area (Å²) in [5, 5.41) is 21.6. The molecule has 0 aromatic heterocycles. The predicted molar refractivity (Wildman–Crippen MR) is 86.8 cm³/mol. The number of benzene rings is 2. The minimum atomic E-state index is -0.597. The minimum Gasteiger partial charge on any atom is -0.508 e. The van der Waals surface area contributed by atoms with Crippen molar-refractivity contribution < 1.29 is 9.90 Å². The third-order valence-electron chi connectivity index (χ3n) is 2.75. The Morgan fingerprint density at radius 1 is 1.18 bits per heavy atom. The molecular formula is C16H10Cl2N2O2. The van der Waals surface area contributed by atoms with E-state index in [4.69, 9.17) is 28.5 Å². The summed E-state index contributed by atoms with van der Waals surface area (Å²) < 4.78 is 0. The number of hydrogen-bond acceptors (Lipinski definition) is 3. The second kappa shape index (κ2) is 6.99. The minimum absolute atomic E-state index is 0.0956. The molecule has 0 spiro atoms. The number of rotatable bonds is 3. The highest BCUT2D eigenvalue weighted by atomic mass is 35.5. The average Bonchev–Trinajstić information content (AvgIpc) is 2.50. The molecule has 6 heteroatoms. The van der Waals surface area contributed by atoms with Gasteiger partial charge in [-0.15, -0.1) is 0 Å². The number of nitrogens with zero attached hydrogens (tertiary/aromatic N) is 1. The van der Waals surface area contributed by atoms with E-state index in [2.05, 4.69) is 5.32 Å². The van der Waals surface area contributed by atoms with Gasteiger partial charge in [0.05, 0.1) is 10.7 Å². The van der Waals surface area contributed by atoms with Gasteiger partial charge in [0.2, 0.25) is 0 Å². The summed E-state index contributed by atoms with van der Waals surface area (Å²) >= 11 is 11.8. The molecule has 0 aliphatic carbocycles. The molecule has 0 bridgehead atoms. The van der Waals surface area contributed by atoms with Gasteiger partial charge in [0.1, 0.15) is 17.4 Å². The van der Waals surface area contributed by atoms with Crippen molar-refractivity contribution >= 4 is 40.9 Å². The number of hydrogen-bond donors (Lipinski definition) is 2. The Hall–Kier alpha value is -2.48. The van der Waals surface area contributed by atoms with Crippen LogP contribution in [0.15, 0.2) is 48.0 Å². The molecule has 2 aromatic carbocycles. The van der Waals surface area contributed by atoms with Crippen molar-refractivity contribution in [3.63, 3.8) is 0 Å². The molecule has 2 aromatic rings. The lowest BCUT2D eigenvalue weighted by atomic mass is 10.1. The molecule has 2 N–H and O–H groups in total. The van der Waals surface area contributed by atoms with Crippen LogP contribution >= 0.6 is 23.2 Å². The quantitative estimate of drug-likeness (QED) is 0.652. The SMILES string of the molecule is N#C/C(=C/c1ccc(O)cc1)C(=O)Nc1cc(Cl)ccc1Cl. The van der Waals surface area contributed by atoms with Crippen LogP contribution in [-0.2, 0) is 4.79 Å².